The molecule has 1 fully saturated rings. The fraction of sp³-hybridized carbons (Fsp3) is 0.600. The van der Waals surface area contributed by atoms with Gasteiger partial charge in [-0.05, 0) is 37.5 Å². The molecule has 21 heavy (non-hydrogen) atoms. The first-order chi connectivity index (χ1) is 9.96. The summed E-state index contributed by atoms with van der Waals surface area (Å²) in [7, 11) is -3.37. The quantitative estimate of drug-likeness (QED) is 0.839. The van der Waals surface area contributed by atoms with Gasteiger partial charge in [0, 0.05) is 25.8 Å². The summed E-state index contributed by atoms with van der Waals surface area (Å²) >= 11 is 0. The molecule has 0 spiro atoms. The molecule has 1 atom stereocenters. The summed E-state index contributed by atoms with van der Waals surface area (Å²) < 4.78 is 45.4. The summed E-state index contributed by atoms with van der Waals surface area (Å²) in [5.41, 5.74) is 0.800. The number of sulfonamides is 1. The van der Waals surface area contributed by atoms with Crippen molar-refractivity contribution in [2.45, 2.75) is 38.0 Å². The van der Waals surface area contributed by atoms with Crippen LogP contribution in [0.1, 0.15) is 38.3 Å². The zero-order valence-corrected chi connectivity index (χ0v) is 13.3. The van der Waals surface area contributed by atoms with Gasteiger partial charge in [0.1, 0.15) is 5.82 Å². The number of halogens is 1. The second kappa shape index (κ2) is 6.85. The molecule has 0 radical (unpaired) electrons. The molecule has 4 nitrogen and oxygen atoms in total. The topological polar surface area (TPSA) is 46.6 Å². The van der Waals surface area contributed by atoms with E-state index in [9.17, 15) is 12.8 Å². The van der Waals surface area contributed by atoms with Crippen LogP contribution in [0.3, 0.4) is 0 Å². The highest BCUT2D eigenvalue weighted by molar-refractivity contribution is 7.89. The van der Waals surface area contributed by atoms with Crippen LogP contribution in [0.5, 0.6) is 0 Å². The number of benzene rings is 1. The second-order valence-corrected chi connectivity index (χ2v) is 7.45. The summed E-state index contributed by atoms with van der Waals surface area (Å²) in [4.78, 5) is 0. The first-order valence-electron chi connectivity index (χ1n) is 7.30. The van der Waals surface area contributed by atoms with Crippen molar-refractivity contribution in [3.05, 3.63) is 35.6 Å². The Morgan fingerprint density at radius 2 is 1.86 bits per heavy atom. The fourth-order valence-electron chi connectivity index (χ4n) is 2.75. The predicted molar refractivity (Wildman–Crippen MR) is 80.0 cm³/mol. The maximum absolute atomic E-state index is 13.0. The highest BCUT2D eigenvalue weighted by Crippen LogP contribution is 2.28. The molecule has 1 aliphatic rings. The van der Waals surface area contributed by atoms with Crippen LogP contribution in [0, 0.1) is 5.82 Å². The summed E-state index contributed by atoms with van der Waals surface area (Å²) in [6.07, 6.45) is 1.07. The van der Waals surface area contributed by atoms with E-state index in [1.54, 1.807) is 12.1 Å². The van der Waals surface area contributed by atoms with Crippen molar-refractivity contribution in [2.75, 3.05) is 19.8 Å². The van der Waals surface area contributed by atoms with Crippen molar-refractivity contribution >= 4 is 10.0 Å². The Morgan fingerprint density at radius 1 is 1.29 bits per heavy atom. The lowest BCUT2D eigenvalue weighted by atomic mass is 10.1. The van der Waals surface area contributed by atoms with E-state index in [4.69, 9.17) is 4.74 Å². The minimum Gasteiger partial charge on any atom is -0.381 e. The normalized spacial score (nSPS) is 18.9. The third-order valence-electron chi connectivity index (χ3n) is 4.01. The molecule has 0 aliphatic carbocycles. The molecular formula is C15H22FNO3S. The molecule has 6 heteroatoms. The lowest BCUT2D eigenvalue weighted by Crippen LogP contribution is -2.42. The molecule has 0 bridgehead atoms. The van der Waals surface area contributed by atoms with Gasteiger partial charge >= 0.3 is 0 Å². The van der Waals surface area contributed by atoms with Crippen molar-refractivity contribution in [2.24, 2.45) is 0 Å². The molecule has 0 aromatic heterocycles. The van der Waals surface area contributed by atoms with E-state index in [-0.39, 0.29) is 17.1 Å². The van der Waals surface area contributed by atoms with Crippen LogP contribution < -0.4 is 0 Å². The summed E-state index contributed by atoms with van der Waals surface area (Å²) in [6.45, 7) is 5.06. The van der Waals surface area contributed by atoms with Gasteiger partial charge in [0.05, 0.1) is 5.25 Å². The minimum absolute atomic E-state index is 0.302. The number of rotatable bonds is 5. The van der Waals surface area contributed by atoms with E-state index < -0.39 is 10.0 Å². The molecule has 1 saturated heterocycles. The van der Waals surface area contributed by atoms with Gasteiger partial charge in [-0.1, -0.05) is 19.1 Å². The zero-order chi connectivity index (χ0) is 15.5. The van der Waals surface area contributed by atoms with Gasteiger partial charge in [0.2, 0.25) is 10.0 Å². The molecule has 1 aromatic rings. The van der Waals surface area contributed by atoms with Crippen molar-refractivity contribution in [3.8, 4) is 0 Å². The summed E-state index contributed by atoms with van der Waals surface area (Å²) in [5, 5.41) is -0.380. The molecule has 118 valence electrons. The predicted octanol–water partition coefficient (Wildman–Crippen LogP) is 2.72. The van der Waals surface area contributed by atoms with Crippen molar-refractivity contribution in [3.63, 3.8) is 0 Å². The zero-order valence-electron chi connectivity index (χ0n) is 12.5. The first kappa shape index (κ1) is 16.4. The minimum atomic E-state index is -3.37. The van der Waals surface area contributed by atoms with E-state index in [1.165, 1.54) is 16.4 Å². The smallest absolute Gasteiger partial charge is 0.217 e. The third kappa shape index (κ3) is 3.62. The monoisotopic (exact) mass is 315 g/mol. The van der Waals surface area contributed by atoms with Crippen LogP contribution in [0.4, 0.5) is 4.39 Å². The van der Waals surface area contributed by atoms with Gasteiger partial charge in [-0.15, -0.1) is 0 Å². The van der Waals surface area contributed by atoms with E-state index in [1.807, 2.05) is 13.8 Å². The summed E-state index contributed by atoms with van der Waals surface area (Å²) in [5.74, 6) is -0.318. The molecule has 0 N–H and O–H groups in total. The first-order valence-corrected chi connectivity index (χ1v) is 8.81. The van der Waals surface area contributed by atoms with Crippen LogP contribution in [0.25, 0.3) is 0 Å². The number of hydrogen-bond donors (Lipinski definition) is 0. The van der Waals surface area contributed by atoms with Crippen molar-refractivity contribution in [1.82, 2.24) is 4.31 Å². The number of hydrogen-bond acceptors (Lipinski definition) is 3. The largest absolute Gasteiger partial charge is 0.381 e. The van der Waals surface area contributed by atoms with Crippen LogP contribution >= 0.6 is 0 Å². The maximum Gasteiger partial charge on any atom is 0.217 e. The Bertz CT molecular complexity index is 553. The van der Waals surface area contributed by atoms with Gasteiger partial charge in [-0.3, -0.25) is 0 Å². The molecule has 0 saturated carbocycles. The van der Waals surface area contributed by atoms with E-state index in [2.05, 4.69) is 0 Å². The SMILES string of the molecule is CCN([C@H](C)c1ccc(F)cc1)S(=O)(=O)C1CCOCC1. The molecule has 1 aromatic carbocycles. The lowest BCUT2D eigenvalue weighted by Gasteiger charge is -2.33. The average Bonchev–Trinajstić information content (AvgIpc) is 2.49. The molecule has 1 aliphatic heterocycles. The second-order valence-electron chi connectivity index (χ2n) is 5.29. The van der Waals surface area contributed by atoms with E-state index in [0.29, 0.717) is 32.6 Å². The molecule has 0 amide bonds. The van der Waals surface area contributed by atoms with Gasteiger partial charge < -0.3 is 4.74 Å². The van der Waals surface area contributed by atoms with Crippen molar-refractivity contribution in [1.29, 1.82) is 0 Å². The Kier molecular flexibility index (Phi) is 5.35. The van der Waals surface area contributed by atoms with Crippen LogP contribution in [0.2, 0.25) is 0 Å². The maximum atomic E-state index is 13.0. The van der Waals surface area contributed by atoms with Crippen LogP contribution in [-0.2, 0) is 14.8 Å². The molecule has 2 rings (SSSR count). The molecule has 0 unspecified atom stereocenters. The third-order valence-corrected chi connectivity index (χ3v) is 6.55. The Labute approximate surface area is 126 Å². The molecule has 1 heterocycles. The highest BCUT2D eigenvalue weighted by atomic mass is 32.2. The fourth-order valence-corrected chi connectivity index (χ4v) is 4.84. The van der Waals surface area contributed by atoms with Gasteiger partial charge in [-0.25, -0.2) is 12.8 Å². The standard InChI is InChI=1S/C15H22FNO3S/c1-3-17(12(2)13-4-6-14(16)7-5-13)21(18,19)15-8-10-20-11-9-15/h4-7,12,15H,3,8-11H2,1-2H3/t12-/m1/s1. The van der Waals surface area contributed by atoms with Gasteiger partial charge in [-0.2, -0.15) is 4.31 Å². The number of ether oxygens (including phenoxy) is 1. The highest BCUT2D eigenvalue weighted by Gasteiger charge is 2.35. The van der Waals surface area contributed by atoms with Gasteiger partial charge in [0.15, 0.2) is 0 Å². The molecular weight excluding hydrogens is 293 g/mol. The lowest BCUT2D eigenvalue weighted by molar-refractivity contribution is 0.0969. The number of nitrogens with zero attached hydrogens (tertiary/aromatic N) is 1. The Hall–Kier alpha value is -0.980. The van der Waals surface area contributed by atoms with E-state index >= 15 is 0 Å². The summed E-state index contributed by atoms with van der Waals surface area (Å²) in [6, 6.07) is 5.70. The Balaban J connectivity index is 2.23. The van der Waals surface area contributed by atoms with Gasteiger partial charge in [0.25, 0.3) is 0 Å². The van der Waals surface area contributed by atoms with Crippen LogP contribution in [0.15, 0.2) is 24.3 Å². The van der Waals surface area contributed by atoms with Crippen LogP contribution in [-0.4, -0.2) is 37.7 Å². The van der Waals surface area contributed by atoms with Crippen molar-refractivity contribution < 1.29 is 17.5 Å². The Morgan fingerprint density at radius 3 is 2.38 bits per heavy atom. The average molecular weight is 315 g/mol. The van der Waals surface area contributed by atoms with E-state index in [0.717, 1.165) is 5.56 Å².